The van der Waals surface area contributed by atoms with Gasteiger partial charge in [-0.3, -0.25) is 4.79 Å². The third-order valence-electron chi connectivity index (χ3n) is 3.89. The Morgan fingerprint density at radius 1 is 1.04 bits per heavy atom. The zero-order valence-electron chi connectivity index (χ0n) is 15.1. The van der Waals surface area contributed by atoms with Crippen LogP contribution in [0, 0.1) is 0 Å². The van der Waals surface area contributed by atoms with Gasteiger partial charge in [-0.15, -0.1) is 0 Å². The van der Waals surface area contributed by atoms with E-state index in [4.69, 9.17) is 9.47 Å². The molecule has 0 aliphatic carbocycles. The minimum Gasteiger partial charge on any atom is -0.496 e. The van der Waals surface area contributed by atoms with E-state index in [2.05, 4.69) is 10.0 Å². The zero-order valence-corrected chi connectivity index (χ0v) is 15.9. The summed E-state index contributed by atoms with van der Waals surface area (Å²) in [5.74, 6) is 0.446. The normalized spacial score (nSPS) is 12.3. The Morgan fingerprint density at radius 2 is 1.69 bits per heavy atom. The van der Waals surface area contributed by atoms with Gasteiger partial charge in [-0.1, -0.05) is 18.2 Å². The summed E-state index contributed by atoms with van der Waals surface area (Å²) >= 11 is 0. The third-order valence-corrected chi connectivity index (χ3v) is 5.43. The molecule has 0 saturated carbocycles. The van der Waals surface area contributed by atoms with Crippen LogP contribution >= 0.6 is 0 Å². The van der Waals surface area contributed by atoms with Gasteiger partial charge in [0, 0.05) is 18.7 Å². The van der Waals surface area contributed by atoms with Crippen molar-refractivity contribution >= 4 is 15.9 Å². The van der Waals surface area contributed by atoms with Crippen molar-refractivity contribution in [1.29, 1.82) is 0 Å². The van der Waals surface area contributed by atoms with E-state index in [1.165, 1.54) is 39.5 Å². The maximum absolute atomic E-state index is 12.8. The molecule has 2 aromatic carbocycles. The third kappa shape index (κ3) is 4.14. The maximum atomic E-state index is 12.8. The lowest BCUT2D eigenvalue weighted by molar-refractivity contribution is 0.0960. The first-order valence-corrected chi connectivity index (χ1v) is 9.37. The van der Waals surface area contributed by atoms with Crippen LogP contribution in [0.25, 0.3) is 0 Å². The van der Waals surface area contributed by atoms with Crippen molar-refractivity contribution in [3.05, 3.63) is 53.6 Å². The fourth-order valence-corrected chi connectivity index (χ4v) is 3.80. The molecule has 7 nitrogen and oxygen atoms in total. The van der Waals surface area contributed by atoms with E-state index in [-0.39, 0.29) is 10.5 Å². The molecule has 2 aromatic rings. The molecule has 0 saturated heterocycles. The van der Waals surface area contributed by atoms with Crippen molar-refractivity contribution in [2.45, 2.75) is 17.9 Å². The molecule has 0 bridgehead atoms. The molecule has 0 heterocycles. The molecule has 0 aliphatic heterocycles. The predicted molar refractivity (Wildman–Crippen MR) is 98.1 cm³/mol. The van der Waals surface area contributed by atoms with Crippen LogP contribution in [0.15, 0.2) is 47.4 Å². The van der Waals surface area contributed by atoms with E-state index in [1.807, 2.05) is 6.07 Å². The Morgan fingerprint density at radius 3 is 2.31 bits per heavy atom. The van der Waals surface area contributed by atoms with Gasteiger partial charge in [0.15, 0.2) is 0 Å². The lowest BCUT2D eigenvalue weighted by Gasteiger charge is -2.18. The topological polar surface area (TPSA) is 93.7 Å². The first-order chi connectivity index (χ1) is 12.3. The van der Waals surface area contributed by atoms with E-state index in [0.717, 1.165) is 0 Å². The molecule has 0 spiro atoms. The van der Waals surface area contributed by atoms with Crippen LogP contribution in [0.3, 0.4) is 0 Å². The van der Waals surface area contributed by atoms with E-state index in [0.29, 0.717) is 17.1 Å². The summed E-state index contributed by atoms with van der Waals surface area (Å²) < 4.78 is 38.5. The summed E-state index contributed by atoms with van der Waals surface area (Å²) in [6.45, 7) is 1.72. The molecule has 0 aromatic heterocycles. The Balaban J connectivity index is 2.37. The van der Waals surface area contributed by atoms with Gasteiger partial charge >= 0.3 is 0 Å². The number of hydrogen-bond donors (Lipinski definition) is 2. The van der Waals surface area contributed by atoms with Crippen molar-refractivity contribution in [2.75, 3.05) is 21.3 Å². The molecular formula is C18H22N2O5S. The highest BCUT2D eigenvalue weighted by Crippen LogP contribution is 2.27. The van der Waals surface area contributed by atoms with Crippen molar-refractivity contribution in [2.24, 2.45) is 0 Å². The molecule has 2 N–H and O–H groups in total. The average Bonchev–Trinajstić information content (AvgIpc) is 2.66. The van der Waals surface area contributed by atoms with Crippen molar-refractivity contribution in [1.82, 2.24) is 10.0 Å². The molecule has 0 fully saturated rings. The minimum absolute atomic E-state index is 0.0290. The molecule has 26 heavy (non-hydrogen) atoms. The summed E-state index contributed by atoms with van der Waals surface area (Å²) in [6.07, 6.45) is 0. The molecule has 0 radical (unpaired) electrons. The van der Waals surface area contributed by atoms with Crippen molar-refractivity contribution in [3.8, 4) is 11.5 Å². The molecular weight excluding hydrogens is 356 g/mol. The van der Waals surface area contributed by atoms with Crippen LogP contribution in [0.2, 0.25) is 0 Å². The summed E-state index contributed by atoms with van der Waals surface area (Å²) in [5.41, 5.74) is 0.849. The molecule has 8 heteroatoms. The van der Waals surface area contributed by atoms with Crippen molar-refractivity contribution in [3.63, 3.8) is 0 Å². The summed E-state index contributed by atoms with van der Waals surface area (Å²) in [4.78, 5) is 11.9. The highest BCUT2D eigenvalue weighted by molar-refractivity contribution is 7.89. The van der Waals surface area contributed by atoms with Crippen LogP contribution in [0.1, 0.15) is 28.9 Å². The zero-order chi connectivity index (χ0) is 19.3. The Bertz CT molecular complexity index is 896. The first kappa shape index (κ1) is 19.7. The number of amides is 1. The van der Waals surface area contributed by atoms with E-state index < -0.39 is 22.0 Å². The number of nitrogens with one attached hydrogen (secondary N) is 2. The fraction of sp³-hybridized carbons (Fsp3) is 0.278. The Hall–Kier alpha value is -2.58. The lowest BCUT2D eigenvalue weighted by Crippen LogP contribution is -2.28. The lowest BCUT2D eigenvalue weighted by atomic mass is 10.1. The molecule has 1 amide bonds. The van der Waals surface area contributed by atoms with Crippen LogP contribution in [-0.4, -0.2) is 35.6 Å². The second-order valence-electron chi connectivity index (χ2n) is 5.53. The van der Waals surface area contributed by atoms with Gasteiger partial charge in [0.1, 0.15) is 11.5 Å². The van der Waals surface area contributed by atoms with Gasteiger partial charge < -0.3 is 14.8 Å². The smallest absolute Gasteiger partial charge is 0.254 e. The summed E-state index contributed by atoms with van der Waals surface area (Å²) in [7, 11) is 0.542. The number of carbonyl (C=O) groups is 1. The second-order valence-corrected chi connectivity index (χ2v) is 7.24. The fourth-order valence-electron chi connectivity index (χ4n) is 2.55. The van der Waals surface area contributed by atoms with Crippen LogP contribution in [-0.2, 0) is 10.0 Å². The van der Waals surface area contributed by atoms with Gasteiger partial charge in [-0.05, 0) is 31.2 Å². The van der Waals surface area contributed by atoms with Crippen LogP contribution in [0.4, 0.5) is 0 Å². The molecule has 2 rings (SSSR count). The maximum Gasteiger partial charge on any atom is 0.254 e. The largest absolute Gasteiger partial charge is 0.496 e. The average molecular weight is 378 g/mol. The molecule has 1 atom stereocenters. The monoisotopic (exact) mass is 378 g/mol. The van der Waals surface area contributed by atoms with Gasteiger partial charge in [0.2, 0.25) is 10.0 Å². The highest BCUT2D eigenvalue weighted by Gasteiger charge is 2.23. The van der Waals surface area contributed by atoms with Crippen LogP contribution < -0.4 is 19.5 Å². The van der Waals surface area contributed by atoms with Crippen LogP contribution in [0.5, 0.6) is 11.5 Å². The highest BCUT2D eigenvalue weighted by atomic mass is 32.2. The predicted octanol–water partition coefficient (Wildman–Crippen LogP) is 2.10. The van der Waals surface area contributed by atoms with E-state index in [9.17, 15) is 13.2 Å². The number of benzene rings is 2. The standard InChI is InChI=1S/C18H22N2O5S/c1-12(14-7-5-6-8-16(14)24-3)20-26(22,23)13-9-10-17(25-4)15(11-13)18(21)19-2/h5-12,20H,1-4H3,(H,19,21)/t12-/m0/s1. The SMILES string of the molecule is CNC(=O)c1cc(S(=O)(=O)N[C@@H](C)c2ccccc2OC)ccc1OC. The first-order valence-electron chi connectivity index (χ1n) is 7.89. The van der Waals surface area contributed by atoms with E-state index in [1.54, 1.807) is 25.1 Å². The molecule has 0 unspecified atom stereocenters. The second kappa shape index (κ2) is 8.20. The Labute approximate surface area is 153 Å². The summed E-state index contributed by atoms with van der Waals surface area (Å²) in [6, 6.07) is 10.8. The minimum atomic E-state index is -3.86. The number of para-hydroxylation sites is 1. The number of sulfonamides is 1. The number of methoxy groups -OCH3 is 2. The van der Waals surface area contributed by atoms with Gasteiger partial charge in [-0.2, -0.15) is 0 Å². The number of hydrogen-bond acceptors (Lipinski definition) is 5. The number of rotatable bonds is 7. The molecule has 0 aliphatic rings. The van der Waals surface area contributed by atoms with Gasteiger partial charge in [0.25, 0.3) is 5.91 Å². The number of carbonyl (C=O) groups excluding carboxylic acids is 1. The summed E-state index contributed by atoms with van der Waals surface area (Å²) in [5, 5.41) is 2.47. The quantitative estimate of drug-likeness (QED) is 0.770. The van der Waals surface area contributed by atoms with Gasteiger partial charge in [-0.25, -0.2) is 13.1 Å². The van der Waals surface area contributed by atoms with E-state index >= 15 is 0 Å². The number of ether oxygens (including phenoxy) is 2. The Kier molecular flexibility index (Phi) is 6.23. The van der Waals surface area contributed by atoms with Crippen molar-refractivity contribution < 1.29 is 22.7 Å². The molecule has 140 valence electrons. The van der Waals surface area contributed by atoms with Gasteiger partial charge in [0.05, 0.1) is 24.7 Å².